The Morgan fingerprint density at radius 3 is 2.62 bits per heavy atom. The molecule has 0 atom stereocenters. The number of amides is 1. The molecule has 0 spiro atoms. The van der Waals surface area contributed by atoms with E-state index >= 15 is 0 Å². The largest absolute Gasteiger partial charge is 0.346 e. The molecule has 1 amide bonds. The third-order valence-corrected chi connectivity index (χ3v) is 4.66. The number of nitrogens with two attached hydrogens (primary N) is 1. The maximum atomic E-state index is 13.5. The van der Waals surface area contributed by atoms with Crippen LogP contribution in [0.1, 0.15) is 12.8 Å². The Balaban J connectivity index is 2.73. The quantitative estimate of drug-likeness (QED) is 0.810. The number of hydrogen-bond donors (Lipinski definition) is 1. The second kappa shape index (κ2) is 7.46. The van der Waals surface area contributed by atoms with E-state index in [-0.39, 0.29) is 12.3 Å². The lowest BCUT2D eigenvalue weighted by Gasteiger charge is -2.16. The standard InChI is InChI=1S/C13H18F2N2O3S/c1-17(7-2-6-16)13(18)5-8-21(19,20)12-9-10(14)3-4-11(12)15/h3-4,9H,2,5-8,16H2,1H3. The summed E-state index contributed by atoms with van der Waals surface area (Å²) in [4.78, 5) is 12.4. The van der Waals surface area contributed by atoms with E-state index in [1.807, 2.05) is 0 Å². The van der Waals surface area contributed by atoms with Gasteiger partial charge in [-0.2, -0.15) is 0 Å². The number of rotatable bonds is 7. The fourth-order valence-electron chi connectivity index (χ4n) is 1.69. The Hall–Kier alpha value is -1.54. The Bertz CT molecular complexity index is 605. The molecule has 8 heteroatoms. The lowest BCUT2D eigenvalue weighted by Crippen LogP contribution is -2.30. The van der Waals surface area contributed by atoms with Crippen molar-refractivity contribution < 1.29 is 22.0 Å². The maximum absolute atomic E-state index is 13.5. The highest BCUT2D eigenvalue weighted by Gasteiger charge is 2.22. The number of halogens is 2. The van der Waals surface area contributed by atoms with Crippen molar-refractivity contribution in [1.29, 1.82) is 0 Å². The SMILES string of the molecule is CN(CCCN)C(=O)CCS(=O)(=O)c1cc(F)ccc1F. The van der Waals surface area contributed by atoms with Crippen LogP contribution in [0.2, 0.25) is 0 Å². The number of sulfone groups is 1. The van der Waals surface area contributed by atoms with Crippen LogP contribution in [0.5, 0.6) is 0 Å². The summed E-state index contributed by atoms with van der Waals surface area (Å²) in [5.74, 6) is -2.83. The fourth-order valence-corrected chi connectivity index (χ4v) is 3.01. The van der Waals surface area contributed by atoms with Crippen LogP contribution in [0.25, 0.3) is 0 Å². The zero-order chi connectivity index (χ0) is 16.0. The van der Waals surface area contributed by atoms with Crippen molar-refractivity contribution in [2.75, 3.05) is 25.9 Å². The van der Waals surface area contributed by atoms with Crippen molar-refractivity contribution in [3.8, 4) is 0 Å². The number of benzene rings is 1. The molecule has 0 bridgehead atoms. The highest BCUT2D eigenvalue weighted by molar-refractivity contribution is 7.91. The van der Waals surface area contributed by atoms with Gasteiger partial charge in [-0.15, -0.1) is 0 Å². The molecule has 0 aliphatic rings. The van der Waals surface area contributed by atoms with Gasteiger partial charge in [-0.3, -0.25) is 4.79 Å². The van der Waals surface area contributed by atoms with E-state index in [1.54, 1.807) is 0 Å². The molecule has 1 aromatic carbocycles. The number of carbonyl (C=O) groups is 1. The summed E-state index contributed by atoms with van der Waals surface area (Å²) in [6.07, 6.45) is 0.312. The van der Waals surface area contributed by atoms with Crippen molar-refractivity contribution >= 4 is 15.7 Å². The first-order chi connectivity index (χ1) is 9.77. The molecule has 0 radical (unpaired) electrons. The van der Waals surface area contributed by atoms with Gasteiger partial charge in [-0.1, -0.05) is 0 Å². The van der Waals surface area contributed by atoms with Crippen molar-refractivity contribution in [2.45, 2.75) is 17.7 Å². The van der Waals surface area contributed by atoms with Crippen molar-refractivity contribution in [3.05, 3.63) is 29.8 Å². The van der Waals surface area contributed by atoms with Gasteiger partial charge < -0.3 is 10.6 Å². The molecule has 0 aliphatic carbocycles. The van der Waals surface area contributed by atoms with Gasteiger partial charge in [-0.25, -0.2) is 17.2 Å². The van der Waals surface area contributed by atoms with Crippen molar-refractivity contribution in [3.63, 3.8) is 0 Å². The molecule has 118 valence electrons. The lowest BCUT2D eigenvalue weighted by molar-refractivity contribution is -0.129. The van der Waals surface area contributed by atoms with Gasteiger partial charge in [0, 0.05) is 20.0 Å². The van der Waals surface area contributed by atoms with Gasteiger partial charge in [0.2, 0.25) is 5.91 Å². The fraction of sp³-hybridized carbons (Fsp3) is 0.462. The number of carbonyl (C=O) groups excluding carboxylic acids is 1. The zero-order valence-corrected chi connectivity index (χ0v) is 12.5. The minimum atomic E-state index is -4.05. The third kappa shape index (κ3) is 5.05. The predicted molar refractivity (Wildman–Crippen MR) is 74.3 cm³/mol. The number of nitrogens with zero attached hydrogens (tertiary/aromatic N) is 1. The molecule has 1 aromatic rings. The Kier molecular flexibility index (Phi) is 6.22. The monoisotopic (exact) mass is 320 g/mol. The predicted octanol–water partition coefficient (Wildman–Crippen LogP) is 0.936. The average molecular weight is 320 g/mol. The molecular formula is C13H18F2N2O3S. The van der Waals surface area contributed by atoms with E-state index < -0.39 is 32.1 Å². The topological polar surface area (TPSA) is 80.5 Å². The minimum Gasteiger partial charge on any atom is -0.346 e. The van der Waals surface area contributed by atoms with E-state index in [0.717, 1.165) is 12.1 Å². The van der Waals surface area contributed by atoms with Crippen LogP contribution in [0.15, 0.2) is 23.1 Å². The van der Waals surface area contributed by atoms with Gasteiger partial charge in [-0.05, 0) is 31.2 Å². The van der Waals surface area contributed by atoms with Gasteiger partial charge >= 0.3 is 0 Å². The summed E-state index contributed by atoms with van der Waals surface area (Å²) in [5.41, 5.74) is 5.32. The zero-order valence-electron chi connectivity index (χ0n) is 11.7. The van der Waals surface area contributed by atoms with Crippen LogP contribution in [-0.4, -0.2) is 45.1 Å². The third-order valence-electron chi connectivity index (χ3n) is 2.94. The Morgan fingerprint density at radius 2 is 2.00 bits per heavy atom. The van der Waals surface area contributed by atoms with Crippen LogP contribution in [0, 0.1) is 11.6 Å². The second-order valence-corrected chi connectivity index (χ2v) is 6.68. The molecular weight excluding hydrogens is 302 g/mol. The first-order valence-electron chi connectivity index (χ1n) is 6.40. The molecule has 2 N–H and O–H groups in total. The molecule has 0 unspecified atom stereocenters. The van der Waals surface area contributed by atoms with E-state index in [0.29, 0.717) is 25.6 Å². The van der Waals surface area contributed by atoms with Crippen LogP contribution >= 0.6 is 0 Å². The molecule has 5 nitrogen and oxygen atoms in total. The summed E-state index contributed by atoms with van der Waals surface area (Å²) >= 11 is 0. The van der Waals surface area contributed by atoms with Gasteiger partial charge in [0.25, 0.3) is 0 Å². The molecule has 0 heterocycles. The summed E-state index contributed by atoms with van der Waals surface area (Å²) in [7, 11) is -2.51. The number of hydrogen-bond acceptors (Lipinski definition) is 4. The van der Waals surface area contributed by atoms with Gasteiger partial charge in [0.1, 0.15) is 16.5 Å². The van der Waals surface area contributed by atoms with Gasteiger partial charge in [0.15, 0.2) is 9.84 Å². The molecule has 0 saturated heterocycles. The van der Waals surface area contributed by atoms with E-state index in [1.165, 1.54) is 11.9 Å². The molecule has 1 rings (SSSR count). The highest BCUT2D eigenvalue weighted by atomic mass is 32.2. The summed E-state index contributed by atoms with van der Waals surface area (Å²) in [5, 5.41) is 0. The summed E-state index contributed by atoms with van der Waals surface area (Å²) in [6.45, 7) is 0.841. The molecule has 21 heavy (non-hydrogen) atoms. The first kappa shape index (κ1) is 17.5. The minimum absolute atomic E-state index is 0.292. The van der Waals surface area contributed by atoms with Crippen LogP contribution in [0.4, 0.5) is 8.78 Å². The Morgan fingerprint density at radius 1 is 1.33 bits per heavy atom. The lowest BCUT2D eigenvalue weighted by atomic mass is 10.3. The Labute approximate surface area is 122 Å². The van der Waals surface area contributed by atoms with E-state index in [4.69, 9.17) is 5.73 Å². The van der Waals surface area contributed by atoms with Crippen molar-refractivity contribution in [1.82, 2.24) is 4.90 Å². The smallest absolute Gasteiger partial charge is 0.223 e. The average Bonchev–Trinajstić information content (AvgIpc) is 2.44. The van der Waals surface area contributed by atoms with Crippen LogP contribution in [0.3, 0.4) is 0 Å². The van der Waals surface area contributed by atoms with Gasteiger partial charge in [0.05, 0.1) is 5.75 Å². The first-order valence-corrected chi connectivity index (χ1v) is 8.05. The maximum Gasteiger partial charge on any atom is 0.223 e. The molecule has 0 fully saturated rings. The second-order valence-electron chi connectivity index (χ2n) is 4.60. The summed E-state index contributed by atoms with van der Waals surface area (Å²) < 4.78 is 50.4. The molecule has 0 aromatic heterocycles. The highest BCUT2D eigenvalue weighted by Crippen LogP contribution is 2.18. The molecule has 0 aliphatic heterocycles. The van der Waals surface area contributed by atoms with E-state index in [2.05, 4.69) is 0 Å². The van der Waals surface area contributed by atoms with Crippen molar-refractivity contribution in [2.24, 2.45) is 5.73 Å². The van der Waals surface area contributed by atoms with Crippen LogP contribution < -0.4 is 5.73 Å². The van der Waals surface area contributed by atoms with Crippen LogP contribution in [-0.2, 0) is 14.6 Å². The summed E-state index contributed by atoms with van der Waals surface area (Å²) in [6, 6.07) is 2.20. The van der Waals surface area contributed by atoms with E-state index in [9.17, 15) is 22.0 Å². The molecule has 0 saturated carbocycles. The normalized spacial score (nSPS) is 11.4.